The van der Waals surface area contributed by atoms with E-state index in [0.29, 0.717) is 11.5 Å². The van der Waals surface area contributed by atoms with Gasteiger partial charge in [0.15, 0.2) is 5.05 Å². The second kappa shape index (κ2) is 2.43. The van der Waals surface area contributed by atoms with Gasteiger partial charge in [0.2, 0.25) is 0 Å². The van der Waals surface area contributed by atoms with Crippen molar-refractivity contribution in [1.82, 2.24) is 0 Å². The summed E-state index contributed by atoms with van der Waals surface area (Å²) in [6, 6.07) is 0. The molecule has 0 aromatic carbocycles. The number of carbonyl (C=O) groups is 1. The first kappa shape index (κ1) is 6.68. The highest BCUT2D eigenvalue weighted by Crippen LogP contribution is 2.19. The molecule has 0 amide bonds. The van der Waals surface area contributed by atoms with Gasteiger partial charge in [0.1, 0.15) is 0 Å². The second-order valence-corrected chi connectivity index (χ2v) is 2.50. The van der Waals surface area contributed by atoms with Crippen molar-refractivity contribution in [2.75, 3.05) is 0 Å². The van der Waals surface area contributed by atoms with Crippen LogP contribution in [0.2, 0.25) is 0 Å². The summed E-state index contributed by atoms with van der Waals surface area (Å²) in [6.07, 6.45) is 1.39. The van der Waals surface area contributed by atoms with Gasteiger partial charge < -0.3 is 4.74 Å². The Bertz CT molecular complexity index is 153. The second-order valence-electron chi connectivity index (χ2n) is 2.10. The largest absolute Gasteiger partial charge is 0.419 e. The normalized spacial score (nSPS) is 26.6. The summed E-state index contributed by atoms with van der Waals surface area (Å²) in [5.74, 6) is 0.0272. The van der Waals surface area contributed by atoms with E-state index in [-0.39, 0.29) is 11.9 Å². The molecule has 1 unspecified atom stereocenters. The number of thiocarbonyl (C=S) groups is 1. The molecule has 1 heterocycles. The first-order valence-corrected chi connectivity index (χ1v) is 3.39. The minimum atomic E-state index is -0.174. The van der Waals surface area contributed by atoms with Gasteiger partial charge in [-0.15, -0.1) is 0 Å². The van der Waals surface area contributed by atoms with E-state index < -0.39 is 0 Å². The predicted molar refractivity (Wildman–Crippen MR) is 37.1 cm³/mol. The number of hydrogen-bond acceptors (Lipinski definition) is 3. The molecular weight excluding hydrogens is 136 g/mol. The summed E-state index contributed by atoms with van der Waals surface area (Å²) in [5.41, 5.74) is 0. The summed E-state index contributed by atoms with van der Waals surface area (Å²) in [5, 5.41) is 0.475. The lowest BCUT2D eigenvalue weighted by Gasteiger charge is -1.97. The van der Waals surface area contributed by atoms with E-state index in [0.717, 1.165) is 6.42 Å². The Hall–Kier alpha value is -0.440. The van der Waals surface area contributed by atoms with Crippen LogP contribution in [0.3, 0.4) is 0 Å². The molecule has 1 atom stereocenters. The molecule has 1 aliphatic heterocycles. The fourth-order valence-corrected chi connectivity index (χ4v) is 1.18. The fourth-order valence-electron chi connectivity index (χ4n) is 0.833. The SMILES string of the molecule is CCC1CC(=O)OC1=S. The molecule has 0 radical (unpaired) electrons. The highest BCUT2D eigenvalue weighted by atomic mass is 32.1. The zero-order valence-corrected chi connectivity index (χ0v) is 6.03. The predicted octanol–water partition coefficient (Wildman–Crippen LogP) is 1.29. The van der Waals surface area contributed by atoms with E-state index in [1.807, 2.05) is 6.92 Å². The maximum atomic E-state index is 10.5. The van der Waals surface area contributed by atoms with E-state index in [1.165, 1.54) is 0 Å². The monoisotopic (exact) mass is 144 g/mol. The molecular formula is C6H8O2S. The Balaban J connectivity index is 2.58. The maximum Gasteiger partial charge on any atom is 0.312 e. The van der Waals surface area contributed by atoms with E-state index in [4.69, 9.17) is 12.2 Å². The van der Waals surface area contributed by atoms with Crippen LogP contribution < -0.4 is 0 Å². The third-order valence-corrected chi connectivity index (χ3v) is 1.87. The summed E-state index contributed by atoms with van der Waals surface area (Å²) >= 11 is 4.77. The van der Waals surface area contributed by atoms with Gasteiger partial charge in [0.25, 0.3) is 0 Å². The lowest BCUT2D eigenvalue weighted by Crippen LogP contribution is -2.02. The average molecular weight is 144 g/mol. The number of hydrogen-bond donors (Lipinski definition) is 0. The van der Waals surface area contributed by atoms with Crippen LogP contribution in [0, 0.1) is 5.92 Å². The van der Waals surface area contributed by atoms with Crippen molar-refractivity contribution in [2.45, 2.75) is 19.8 Å². The summed E-state index contributed by atoms with van der Waals surface area (Å²) in [7, 11) is 0. The van der Waals surface area contributed by atoms with Crippen molar-refractivity contribution in [3.63, 3.8) is 0 Å². The Morgan fingerprint density at radius 2 is 2.56 bits per heavy atom. The Labute approximate surface area is 59.2 Å². The molecule has 50 valence electrons. The van der Waals surface area contributed by atoms with Gasteiger partial charge in [0.05, 0.1) is 6.42 Å². The van der Waals surface area contributed by atoms with Crippen molar-refractivity contribution in [3.8, 4) is 0 Å². The third-order valence-electron chi connectivity index (χ3n) is 1.45. The molecule has 1 rings (SSSR count). The van der Waals surface area contributed by atoms with Crippen molar-refractivity contribution in [1.29, 1.82) is 0 Å². The Morgan fingerprint density at radius 1 is 1.89 bits per heavy atom. The smallest absolute Gasteiger partial charge is 0.312 e. The van der Waals surface area contributed by atoms with Crippen LogP contribution in [0.1, 0.15) is 19.8 Å². The van der Waals surface area contributed by atoms with Gasteiger partial charge in [0, 0.05) is 5.92 Å². The molecule has 0 spiro atoms. The average Bonchev–Trinajstić information content (AvgIpc) is 2.10. The van der Waals surface area contributed by atoms with Crippen LogP contribution in [0.4, 0.5) is 0 Å². The van der Waals surface area contributed by atoms with Crippen molar-refractivity contribution >= 4 is 23.2 Å². The van der Waals surface area contributed by atoms with E-state index in [2.05, 4.69) is 4.74 Å². The molecule has 1 aliphatic rings. The molecule has 9 heavy (non-hydrogen) atoms. The zero-order chi connectivity index (χ0) is 6.85. The van der Waals surface area contributed by atoms with Crippen LogP contribution >= 0.6 is 12.2 Å². The lowest BCUT2D eigenvalue weighted by atomic mass is 10.1. The number of rotatable bonds is 1. The molecule has 2 nitrogen and oxygen atoms in total. The Morgan fingerprint density at radius 3 is 2.78 bits per heavy atom. The first-order valence-electron chi connectivity index (χ1n) is 2.98. The van der Waals surface area contributed by atoms with Gasteiger partial charge >= 0.3 is 5.97 Å². The minimum Gasteiger partial charge on any atom is -0.419 e. The molecule has 1 fully saturated rings. The number of carbonyl (C=O) groups excluding carboxylic acids is 1. The Kier molecular flexibility index (Phi) is 1.81. The van der Waals surface area contributed by atoms with E-state index >= 15 is 0 Å². The van der Waals surface area contributed by atoms with E-state index in [9.17, 15) is 4.79 Å². The molecule has 0 saturated carbocycles. The maximum absolute atomic E-state index is 10.5. The van der Waals surface area contributed by atoms with Crippen LogP contribution in [0.15, 0.2) is 0 Å². The van der Waals surface area contributed by atoms with Crippen molar-refractivity contribution in [2.24, 2.45) is 5.92 Å². The van der Waals surface area contributed by atoms with Gasteiger partial charge in [-0.1, -0.05) is 6.92 Å². The summed E-state index contributed by atoms with van der Waals surface area (Å²) in [4.78, 5) is 10.5. The quantitative estimate of drug-likeness (QED) is 0.409. The van der Waals surface area contributed by atoms with Gasteiger partial charge in [-0.2, -0.15) is 0 Å². The molecule has 1 saturated heterocycles. The number of esters is 1. The zero-order valence-electron chi connectivity index (χ0n) is 5.22. The highest BCUT2D eigenvalue weighted by Gasteiger charge is 2.27. The molecule has 0 aromatic rings. The molecule has 0 bridgehead atoms. The summed E-state index contributed by atoms with van der Waals surface area (Å²) in [6.45, 7) is 2.00. The van der Waals surface area contributed by atoms with Crippen LogP contribution in [0.5, 0.6) is 0 Å². The van der Waals surface area contributed by atoms with Gasteiger partial charge in [-0.25, -0.2) is 0 Å². The van der Waals surface area contributed by atoms with Crippen LogP contribution in [-0.4, -0.2) is 11.0 Å². The number of cyclic esters (lactones) is 1. The van der Waals surface area contributed by atoms with Crippen LogP contribution in [-0.2, 0) is 9.53 Å². The van der Waals surface area contributed by atoms with Crippen molar-refractivity contribution < 1.29 is 9.53 Å². The minimum absolute atomic E-state index is 0.174. The number of ether oxygens (including phenoxy) is 1. The van der Waals surface area contributed by atoms with Gasteiger partial charge in [-0.3, -0.25) is 4.79 Å². The molecule has 0 N–H and O–H groups in total. The van der Waals surface area contributed by atoms with Crippen LogP contribution in [0.25, 0.3) is 0 Å². The molecule has 0 aliphatic carbocycles. The topological polar surface area (TPSA) is 26.3 Å². The molecule has 0 aromatic heterocycles. The van der Waals surface area contributed by atoms with Gasteiger partial charge in [-0.05, 0) is 18.6 Å². The standard InChI is InChI=1S/C6H8O2S/c1-2-4-3-5(7)8-6(4)9/h4H,2-3H2,1H3. The van der Waals surface area contributed by atoms with Crippen molar-refractivity contribution in [3.05, 3.63) is 0 Å². The molecule has 3 heteroatoms. The lowest BCUT2D eigenvalue weighted by molar-refractivity contribution is -0.133. The van der Waals surface area contributed by atoms with E-state index in [1.54, 1.807) is 0 Å². The fraction of sp³-hybridized carbons (Fsp3) is 0.667. The first-order chi connectivity index (χ1) is 4.24. The highest BCUT2D eigenvalue weighted by molar-refractivity contribution is 7.80. The third kappa shape index (κ3) is 1.27. The summed E-state index contributed by atoms with van der Waals surface area (Å²) < 4.78 is 4.66.